The molecule has 0 atom stereocenters. The summed E-state index contributed by atoms with van der Waals surface area (Å²) in [6, 6.07) is 16.5. The van der Waals surface area contributed by atoms with E-state index in [1.54, 1.807) is 24.3 Å². The Bertz CT molecular complexity index is 582. The van der Waals surface area contributed by atoms with Crippen LogP contribution in [-0.4, -0.2) is 17.8 Å². The Kier molecular flexibility index (Phi) is 5.43. The van der Waals surface area contributed by atoms with Crippen LogP contribution >= 0.6 is 15.9 Å². The Morgan fingerprint density at radius 2 is 1.55 bits per heavy atom. The van der Waals surface area contributed by atoms with E-state index in [9.17, 15) is 4.79 Å². The molecule has 2 aromatic carbocycles. The van der Waals surface area contributed by atoms with Crippen LogP contribution in [0, 0.1) is 0 Å². The minimum absolute atomic E-state index is 0.0870. The van der Waals surface area contributed by atoms with E-state index in [0.717, 1.165) is 11.0 Å². The first-order chi connectivity index (χ1) is 9.79. The Hall–Kier alpha value is -2.01. The number of alkyl halides is 1. The van der Waals surface area contributed by atoms with Gasteiger partial charge in [0.25, 0.3) is 5.91 Å². The van der Waals surface area contributed by atoms with Crippen LogP contribution in [-0.2, 0) is 0 Å². The lowest BCUT2D eigenvalue weighted by Gasteiger charge is -2.02. The fourth-order valence-corrected chi connectivity index (χ4v) is 1.75. The maximum atomic E-state index is 11.7. The molecule has 0 aliphatic heterocycles. The topological polar surface area (TPSA) is 53.8 Å². The highest BCUT2D eigenvalue weighted by Crippen LogP contribution is 2.18. The lowest BCUT2D eigenvalue weighted by molar-refractivity contribution is 0.0956. The van der Waals surface area contributed by atoms with Crippen LogP contribution in [0.25, 0.3) is 0 Å². The standard InChI is InChI=1S/C15H14BrN3O/c16-10-11-17-15(20)12-6-8-14(9-7-12)19-18-13-4-2-1-3-5-13/h1-9H,10-11H2,(H,17,20). The van der Waals surface area contributed by atoms with Crippen molar-refractivity contribution in [3.63, 3.8) is 0 Å². The van der Waals surface area contributed by atoms with E-state index in [4.69, 9.17) is 0 Å². The van der Waals surface area contributed by atoms with Gasteiger partial charge in [-0.25, -0.2) is 0 Å². The summed E-state index contributed by atoms with van der Waals surface area (Å²) in [6.45, 7) is 0.605. The molecule has 0 saturated heterocycles. The molecule has 0 aliphatic carbocycles. The quantitative estimate of drug-likeness (QED) is 0.647. The third kappa shape index (κ3) is 4.28. The number of carbonyl (C=O) groups is 1. The van der Waals surface area contributed by atoms with Crippen molar-refractivity contribution < 1.29 is 4.79 Å². The van der Waals surface area contributed by atoms with Crippen molar-refractivity contribution in [2.75, 3.05) is 11.9 Å². The van der Waals surface area contributed by atoms with Gasteiger partial charge >= 0.3 is 0 Å². The summed E-state index contributed by atoms with van der Waals surface area (Å²) >= 11 is 3.26. The van der Waals surface area contributed by atoms with Gasteiger partial charge in [-0.05, 0) is 36.4 Å². The third-order valence-electron chi connectivity index (χ3n) is 2.55. The Balaban J connectivity index is 2.01. The van der Waals surface area contributed by atoms with Crippen LogP contribution in [0.5, 0.6) is 0 Å². The predicted molar refractivity (Wildman–Crippen MR) is 83.2 cm³/mol. The van der Waals surface area contributed by atoms with Crippen LogP contribution in [0.3, 0.4) is 0 Å². The molecule has 0 unspecified atom stereocenters. The molecule has 0 radical (unpaired) electrons. The van der Waals surface area contributed by atoms with Crippen LogP contribution in [0.2, 0.25) is 0 Å². The van der Waals surface area contributed by atoms with Crippen molar-refractivity contribution in [3.8, 4) is 0 Å². The number of nitrogens with one attached hydrogen (secondary N) is 1. The summed E-state index contributed by atoms with van der Waals surface area (Å²) in [5.74, 6) is -0.0870. The second-order valence-corrected chi connectivity index (χ2v) is 4.82. The minimum Gasteiger partial charge on any atom is -0.351 e. The van der Waals surface area contributed by atoms with E-state index in [1.807, 2.05) is 30.3 Å². The summed E-state index contributed by atoms with van der Waals surface area (Å²) < 4.78 is 0. The van der Waals surface area contributed by atoms with Crippen LogP contribution in [0.1, 0.15) is 10.4 Å². The molecule has 20 heavy (non-hydrogen) atoms. The molecule has 0 saturated carbocycles. The number of rotatable bonds is 5. The molecule has 102 valence electrons. The van der Waals surface area contributed by atoms with Gasteiger partial charge in [-0.2, -0.15) is 10.2 Å². The number of nitrogens with zero attached hydrogens (tertiary/aromatic N) is 2. The monoisotopic (exact) mass is 331 g/mol. The normalized spacial score (nSPS) is 10.7. The molecule has 0 spiro atoms. The fourth-order valence-electron chi connectivity index (χ4n) is 1.55. The molecule has 0 heterocycles. The summed E-state index contributed by atoms with van der Waals surface area (Å²) in [6.07, 6.45) is 0. The van der Waals surface area contributed by atoms with E-state index < -0.39 is 0 Å². The first-order valence-electron chi connectivity index (χ1n) is 6.20. The van der Waals surface area contributed by atoms with Gasteiger partial charge in [-0.1, -0.05) is 34.1 Å². The highest BCUT2D eigenvalue weighted by atomic mass is 79.9. The molecule has 0 aliphatic rings. The third-order valence-corrected chi connectivity index (χ3v) is 2.94. The van der Waals surface area contributed by atoms with Crippen LogP contribution < -0.4 is 5.32 Å². The zero-order valence-electron chi connectivity index (χ0n) is 10.8. The molecule has 1 amide bonds. The highest BCUT2D eigenvalue weighted by molar-refractivity contribution is 9.09. The summed E-state index contributed by atoms with van der Waals surface area (Å²) in [5.41, 5.74) is 2.13. The van der Waals surface area contributed by atoms with Gasteiger partial charge in [-0.3, -0.25) is 4.79 Å². The van der Waals surface area contributed by atoms with Crippen molar-refractivity contribution in [2.45, 2.75) is 0 Å². The van der Waals surface area contributed by atoms with E-state index >= 15 is 0 Å². The Labute approximate surface area is 126 Å². The Morgan fingerprint density at radius 3 is 2.15 bits per heavy atom. The second kappa shape index (κ2) is 7.55. The van der Waals surface area contributed by atoms with Gasteiger partial charge in [0.1, 0.15) is 0 Å². The molecule has 2 rings (SSSR count). The van der Waals surface area contributed by atoms with Gasteiger partial charge < -0.3 is 5.32 Å². The predicted octanol–water partition coefficient (Wildman–Crippen LogP) is 4.23. The molecule has 1 N–H and O–H groups in total. The molecule has 2 aromatic rings. The minimum atomic E-state index is -0.0870. The number of benzene rings is 2. The fraction of sp³-hybridized carbons (Fsp3) is 0.133. The average molecular weight is 332 g/mol. The number of hydrogen-bond donors (Lipinski definition) is 1. The lowest BCUT2D eigenvalue weighted by atomic mass is 10.2. The van der Waals surface area contributed by atoms with Gasteiger partial charge in [0, 0.05) is 17.4 Å². The number of amides is 1. The molecule has 0 aromatic heterocycles. The maximum absolute atomic E-state index is 11.7. The number of halogens is 1. The van der Waals surface area contributed by atoms with Gasteiger partial charge in [-0.15, -0.1) is 0 Å². The van der Waals surface area contributed by atoms with E-state index in [1.165, 1.54) is 0 Å². The molecule has 4 nitrogen and oxygen atoms in total. The zero-order chi connectivity index (χ0) is 14.2. The number of azo groups is 1. The summed E-state index contributed by atoms with van der Waals surface area (Å²) in [4.78, 5) is 11.7. The van der Waals surface area contributed by atoms with E-state index in [2.05, 4.69) is 31.5 Å². The van der Waals surface area contributed by atoms with Crippen molar-refractivity contribution >= 4 is 33.2 Å². The van der Waals surface area contributed by atoms with Crippen LogP contribution in [0.15, 0.2) is 64.8 Å². The SMILES string of the molecule is O=C(NCCBr)c1ccc(N=Nc2ccccc2)cc1. The van der Waals surface area contributed by atoms with Gasteiger partial charge in [0.2, 0.25) is 0 Å². The maximum Gasteiger partial charge on any atom is 0.251 e. The summed E-state index contributed by atoms with van der Waals surface area (Å²) in [7, 11) is 0. The molecule has 5 heteroatoms. The largest absolute Gasteiger partial charge is 0.351 e. The lowest BCUT2D eigenvalue weighted by Crippen LogP contribution is -2.24. The first-order valence-corrected chi connectivity index (χ1v) is 7.33. The number of carbonyl (C=O) groups excluding carboxylic acids is 1. The number of hydrogen-bond acceptors (Lipinski definition) is 3. The smallest absolute Gasteiger partial charge is 0.251 e. The molecule has 0 bridgehead atoms. The van der Waals surface area contributed by atoms with Gasteiger partial charge in [0.15, 0.2) is 0 Å². The zero-order valence-corrected chi connectivity index (χ0v) is 12.4. The van der Waals surface area contributed by atoms with Gasteiger partial charge in [0.05, 0.1) is 11.4 Å². The Morgan fingerprint density at radius 1 is 0.950 bits per heavy atom. The van der Waals surface area contributed by atoms with Crippen molar-refractivity contribution in [1.82, 2.24) is 5.32 Å². The van der Waals surface area contributed by atoms with Crippen molar-refractivity contribution in [1.29, 1.82) is 0 Å². The highest BCUT2D eigenvalue weighted by Gasteiger charge is 2.03. The molecule has 0 fully saturated rings. The van der Waals surface area contributed by atoms with Crippen molar-refractivity contribution in [2.24, 2.45) is 10.2 Å². The average Bonchev–Trinajstić information content (AvgIpc) is 2.52. The van der Waals surface area contributed by atoms with E-state index in [0.29, 0.717) is 17.8 Å². The second-order valence-electron chi connectivity index (χ2n) is 4.03. The van der Waals surface area contributed by atoms with E-state index in [-0.39, 0.29) is 5.91 Å². The van der Waals surface area contributed by atoms with Crippen molar-refractivity contribution in [3.05, 3.63) is 60.2 Å². The first kappa shape index (κ1) is 14.4. The summed E-state index contributed by atoms with van der Waals surface area (Å²) in [5, 5.41) is 11.8. The molecular formula is C15H14BrN3O. The van der Waals surface area contributed by atoms with Crippen LogP contribution in [0.4, 0.5) is 11.4 Å². The molecular weight excluding hydrogens is 318 g/mol.